The zero-order valence-corrected chi connectivity index (χ0v) is 18.5. The van der Waals surface area contributed by atoms with Gasteiger partial charge in [0.05, 0.1) is 19.3 Å². The topological polar surface area (TPSA) is 59.4 Å². The third kappa shape index (κ3) is 5.08. The molecule has 1 fully saturated rings. The first-order chi connectivity index (χ1) is 15.0. The molecule has 1 N–H and O–H groups in total. The third-order valence-electron chi connectivity index (χ3n) is 5.81. The monoisotopic (exact) mass is 418 g/mol. The number of carbonyl (C=O) groups is 1. The molecule has 0 bridgehead atoms. The smallest absolute Gasteiger partial charge is 0.253 e. The number of likely N-dealkylation sites (tertiary alicyclic amines) is 1. The van der Waals surface area contributed by atoms with Crippen molar-refractivity contribution in [2.45, 2.75) is 39.3 Å². The SMILES string of the molecule is COc1ccc(N[C@@H]2CCCN(C(=O)c3ccc(Cn4nc(C)cc4C)cc3)C2)cc1. The molecule has 1 saturated heterocycles. The van der Waals surface area contributed by atoms with Gasteiger partial charge in [-0.2, -0.15) is 5.10 Å². The van der Waals surface area contributed by atoms with Crippen LogP contribution in [0.4, 0.5) is 5.69 Å². The van der Waals surface area contributed by atoms with Crippen LogP contribution in [0.3, 0.4) is 0 Å². The number of anilines is 1. The number of methoxy groups -OCH3 is 1. The summed E-state index contributed by atoms with van der Waals surface area (Å²) < 4.78 is 7.21. The van der Waals surface area contributed by atoms with Crippen LogP contribution < -0.4 is 10.1 Å². The average molecular weight is 419 g/mol. The number of carbonyl (C=O) groups excluding carboxylic acids is 1. The molecule has 0 spiro atoms. The fourth-order valence-electron chi connectivity index (χ4n) is 4.15. The van der Waals surface area contributed by atoms with Crippen LogP contribution >= 0.6 is 0 Å². The molecule has 6 heteroatoms. The van der Waals surface area contributed by atoms with Crippen LogP contribution in [0.5, 0.6) is 5.75 Å². The second-order valence-electron chi connectivity index (χ2n) is 8.24. The van der Waals surface area contributed by atoms with Crippen molar-refractivity contribution >= 4 is 11.6 Å². The van der Waals surface area contributed by atoms with Crippen molar-refractivity contribution in [3.63, 3.8) is 0 Å². The summed E-state index contributed by atoms with van der Waals surface area (Å²) in [6.45, 7) is 6.28. The number of amides is 1. The van der Waals surface area contributed by atoms with Crippen LogP contribution in [0.15, 0.2) is 54.6 Å². The molecule has 0 aliphatic carbocycles. The Morgan fingerprint density at radius 3 is 2.52 bits per heavy atom. The predicted octanol–water partition coefficient (Wildman–Crippen LogP) is 4.27. The van der Waals surface area contributed by atoms with E-state index in [2.05, 4.69) is 23.4 Å². The quantitative estimate of drug-likeness (QED) is 0.649. The highest BCUT2D eigenvalue weighted by Gasteiger charge is 2.24. The average Bonchev–Trinajstić information content (AvgIpc) is 3.11. The van der Waals surface area contributed by atoms with Crippen LogP contribution in [0.25, 0.3) is 0 Å². The maximum absolute atomic E-state index is 13.1. The van der Waals surface area contributed by atoms with E-state index in [9.17, 15) is 4.79 Å². The van der Waals surface area contributed by atoms with Gasteiger partial charge < -0.3 is 15.0 Å². The van der Waals surface area contributed by atoms with Crippen molar-refractivity contribution in [1.82, 2.24) is 14.7 Å². The summed E-state index contributed by atoms with van der Waals surface area (Å²) in [5.41, 5.74) is 5.09. The molecule has 1 aromatic heterocycles. The molecule has 0 saturated carbocycles. The minimum absolute atomic E-state index is 0.0962. The maximum atomic E-state index is 13.1. The van der Waals surface area contributed by atoms with Crippen LogP contribution in [-0.2, 0) is 6.54 Å². The molecular formula is C25H30N4O2. The van der Waals surface area contributed by atoms with Crippen LogP contribution in [0, 0.1) is 13.8 Å². The van der Waals surface area contributed by atoms with Gasteiger partial charge in [-0.3, -0.25) is 9.48 Å². The van der Waals surface area contributed by atoms with Gasteiger partial charge in [-0.15, -0.1) is 0 Å². The summed E-state index contributed by atoms with van der Waals surface area (Å²) in [6.07, 6.45) is 2.05. The summed E-state index contributed by atoms with van der Waals surface area (Å²) in [4.78, 5) is 15.0. The van der Waals surface area contributed by atoms with Gasteiger partial charge in [-0.1, -0.05) is 12.1 Å². The number of piperidine rings is 1. The zero-order valence-electron chi connectivity index (χ0n) is 18.5. The molecule has 162 valence electrons. The lowest BCUT2D eigenvalue weighted by Gasteiger charge is -2.34. The number of hydrogen-bond acceptors (Lipinski definition) is 4. The molecule has 2 heterocycles. The van der Waals surface area contributed by atoms with Crippen LogP contribution in [0.2, 0.25) is 0 Å². The highest BCUT2D eigenvalue weighted by Crippen LogP contribution is 2.20. The first-order valence-corrected chi connectivity index (χ1v) is 10.8. The Kier molecular flexibility index (Phi) is 6.26. The number of rotatable bonds is 6. The summed E-state index contributed by atoms with van der Waals surface area (Å²) in [5.74, 6) is 0.936. The second-order valence-corrected chi connectivity index (χ2v) is 8.24. The molecule has 1 atom stereocenters. The van der Waals surface area contributed by atoms with Crippen LogP contribution in [0.1, 0.15) is 40.2 Å². The molecule has 4 rings (SSSR count). The fourth-order valence-corrected chi connectivity index (χ4v) is 4.15. The Labute approximate surface area is 183 Å². The number of nitrogens with one attached hydrogen (secondary N) is 1. The van der Waals surface area contributed by atoms with Gasteiger partial charge in [0.15, 0.2) is 0 Å². The van der Waals surface area contributed by atoms with E-state index in [0.29, 0.717) is 13.1 Å². The van der Waals surface area contributed by atoms with Gasteiger partial charge in [0, 0.05) is 36.1 Å². The Morgan fingerprint density at radius 2 is 1.87 bits per heavy atom. The lowest BCUT2D eigenvalue weighted by molar-refractivity contribution is 0.0715. The number of benzene rings is 2. The normalized spacial score (nSPS) is 16.2. The van der Waals surface area contributed by atoms with Gasteiger partial charge in [0.25, 0.3) is 5.91 Å². The maximum Gasteiger partial charge on any atom is 0.253 e. The number of ether oxygens (including phenoxy) is 1. The lowest BCUT2D eigenvalue weighted by atomic mass is 10.0. The van der Waals surface area contributed by atoms with Crippen molar-refractivity contribution in [3.05, 3.63) is 77.1 Å². The van der Waals surface area contributed by atoms with E-state index in [1.54, 1.807) is 7.11 Å². The third-order valence-corrected chi connectivity index (χ3v) is 5.81. The molecule has 31 heavy (non-hydrogen) atoms. The Morgan fingerprint density at radius 1 is 1.13 bits per heavy atom. The number of aryl methyl sites for hydroxylation is 2. The van der Waals surface area contributed by atoms with Gasteiger partial charge in [0.1, 0.15) is 5.75 Å². The largest absolute Gasteiger partial charge is 0.497 e. The summed E-state index contributed by atoms with van der Waals surface area (Å²) >= 11 is 0. The number of aromatic nitrogens is 2. The first-order valence-electron chi connectivity index (χ1n) is 10.8. The minimum Gasteiger partial charge on any atom is -0.497 e. The predicted molar refractivity (Wildman–Crippen MR) is 123 cm³/mol. The van der Waals surface area contributed by atoms with Crippen molar-refractivity contribution < 1.29 is 9.53 Å². The Balaban J connectivity index is 1.37. The summed E-state index contributed by atoms with van der Waals surface area (Å²) in [7, 11) is 1.67. The van der Waals surface area contributed by atoms with Gasteiger partial charge in [-0.05, 0) is 74.7 Å². The van der Waals surface area contributed by atoms with Gasteiger partial charge in [-0.25, -0.2) is 0 Å². The van der Waals surface area contributed by atoms with E-state index in [1.165, 1.54) is 0 Å². The summed E-state index contributed by atoms with van der Waals surface area (Å²) in [6, 6.07) is 18.2. The molecule has 1 aliphatic rings. The molecule has 0 radical (unpaired) electrons. The molecule has 2 aromatic carbocycles. The number of nitrogens with zero attached hydrogens (tertiary/aromatic N) is 3. The summed E-state index contributed by atoms with van der Waals surface area (Å²) in [5, 5.41) is 8.07. The van der Waals surface area contributed by atoms with E-state index >= 15 is 0 Å². The zero-order chi connectivity index (χ0) is 21.8. The Bertz CT molecular complexity index is 1020. The minimum atomic E-state index is 0.0962. The lowest BCUT2D eigenvalue weighted by Crippen LogP contribution is -2.45. The van der Waals surface area contributed by atoms with Gasteiger partial charge in [0.2, 0.25) is 0 Å². The van der Waals surface area contributed by atoms with E-state index in [4.69, 9.17) is 4.74 Å². The van der Waals surface area contributed by atoms with Crippen molar-refractivity contribution in [3.8, 4) is 5.75 Å². The standard InChI is InChI=1S/C25H30N4O2/c1-18-15-19(2)29(27-18)16-20-6-8-21(9-7-20)25(30)28-14-4-5-23(17-28)26-22-10-12-24(31-3)13-11-22/h6-13,15,23,26H,4-5,14,16-17H2,1-3H3/t23-/m1/s1. The van der Waals surface area contributed by atoms with E-state index in [1.807, 2.05) is 65.0 Å². The first kappa shape index (κ1) is 21.0. The molecular weight excluding hydrogens is 388 g/mol. The van der Waals surface area contributed by atoms with Gasteiger partial charge >= 0.3 is 0 Å². The Hall–Kier alpha value is -3.28. The molecule has 1 amide bonds. The molecule has 0 unspecified atom stereocenters. The molecule has 6 nitrogen and oxygen atoms in total. The number of hydrogen-bond donors (Lipinski definition) is 1. The van der Waals surface area contributed by atoms with Crippen molar-refractivity contribution in [1.29, 1.82) is 0 Å². The molecule has 1 aliphatic heterocycles. The van der Waals surface area contributed by atoms with Crippen molar-refractivity contribution in [2.75, 3.05) is 25.5 Å². The van der Waals surface area contributed by atoms with E-state index in [0.717, 1.165) is 53.3 Å². The van der Waals surface area contributed by atoms with E-state index in [-0.39, 0.29) is 11.9 Å². The molecule has 3 aromatic rings. The van der Waals surface area contributed by atoms with Crippen molar-refractivity contribution in [2.24, 2.45) is 0 Å². The second kappa shape index (κ2) is 9.25. The van der Waals surface area contributed by atoms with Crippen LogP contribution in [-0.4, -0.2) is 46.8 Å². The highest BCUT2D eigenvalue weighted by molar-refractivity contribution is 5.94. The fraction of sp³-hybridized carbons (Fsp3) is 0.360. The highest BCUT2D eigenvalue weighted by atomic mass is 16.5. The van der Waals surface area contributed by atoms with E-state index < -0.39 is 0 Å².